The molecule has 82 valence electrons. The van der Waals surface area contributed by atoms with Gasteiger partial charge in [0, 0.05) is 4.90 Å². The number of aromatic nitrogens is 2. The van der Waals surface area contributed by atoms with Gasteiger partial charge in [-0.2, -0.15) is 4.98 Å². The lowest BCUT2D eigenvalue weighted by atomic mass is 10.4. The lowest BCUT2D eigenvalue weighted by Gasteiger charge is -1.97. The second kappa shape index (κ2) is 4.94. The Hall–Kier alpha value is -1.62. The molecular formula is C11H9FN2OS. The van der Waals surface area contributed by atoms with Crippen molar-refractivity contribution in [1.82, 2.24) is 10.1 Å². The van der Waals surface area contributed by atoms with Gasteiger partial charge in [0.2, 0.25) is 5.89 Å². The quantitative estimate of drug-likeness (QED) is 0.764. The molecule has 0 unspecified atom stereocenters. The van der Waals surface area contributed by atoms with Crippen molar-refractivity contribution >= 4 is 17.8 Å². The summed E-state index contributed by atoms with van der Waals surface area (Å²) in [4.78, 5) is 5.03. The van der Waals surface area contributed by atoms with E-state index in [2.05, 4.69) is 16.7 Å². The fraction of sp³-hybridized carbons (Fsp3) is 0.0909. The summed E-state index contributed by atoms with van der Waals surface area (Å²) in [5.41, 5.74) is 0. The van der Waals surface area contributed by atoms with Crippen molar-refractivity contribution < 1.29 is 8.91 Å². The number of thioether (sulfide) groups is 1. The monoisotopic (exact) mass is 236 g/mol. The highest BCUT2D eigenvalue weighted by atomic mass is 32.2. The molecule has 0 spiro atoms. The van der Waals surface area contributed by atoms with Crippen molar-refractivity contribution in [2.75, 3.05) is 0 Å². The van der Waals surface area contributed by atoms with E-state index < -0.39 is 0 Å². The van der Waals surface area contributed by atoms with Crippen molar-refractivity contribution in [2.45, 2.75) is 10.6 Å². The summed E-state index contributed by atoms with van der Waals surface area (Å²) in [7, 11) is 0. The Morgan fingerprint density at radius 2 is 2.12 bits per heavy atom. The third kappa shape index (κ3) is 2.70. The summed E-state index contributed by atoms with van der Waals surface area (Å²) in [5.74, 6) is 1.36. The largest absolute Gasteiger partial charge is 0.335 e. The number of rotatable bonds is 4. The third-order valence-electron chi connectivity index (χ3n) is 1.84. The van der Waals surface area contributed by atoms with Crippen LogP contribution < -0.4 is 0 Å². The van der Waals surface area contributed by atoms with Crippen LogP contribution in [0.4, 0.5) is 4.39 Å². The predicted octanol–water partition coefficient (Wildman–Crippen LogP) is 3.14. The van der Waals surface area contributed by atoms with E-state index in [0.29, 0.717) is 17.5 Å². The lowest BCUT2D eigenvalue weighted by molar-refractivity contribution is 0.405. The molecule has 1 aromatic carbocycles. The molecular weight excluding hydrogens is 227 g/mol. The van der Waals surface area contributed by atoms with Crippen molar-refractivity contribution in [2.24, 2.45) is 0 Å². The molecule has 0 saturated heterocycles. The molecule has 0 N–H and O–H groups in total. The number of benzene rings is 1. The Morgan fingerprint density at radius 3 is 2.75 bits per heavy atom. The third-order valence-corrected chi connectivity index (χ3v) is 2.85. The standard InChI is InChI=1S/C11H9FN2OS/c1-2-11-13-10(14-15-11)7-16-9-5-3-8(12)4-6-9/h2-6H,1,7H2. The van der Waals surface area contributed by atoms with Gasteiger partial charge in [0.1, 0.15) is 5.82 Å². The van der Waals surface area contributed by atoms with Crippen LogP contribution in [-0.2, 0) is 5.75 Å². The molecule has 0 amide bonds. The molecule has 0 aliphatic rings. The topological polar surface area (TPSA) is 38.9 Å². The molecule has 0 radical (unpaired) electrons. The first kappa shape index (κ1) is 10.9. The van der Waals surface area contributed by atoms with E-state index >= 15 is 0 Å². The van der Waals surface area contributed by atoms with E-state index in [1.807, 2.05) is 0 Å². The Labute approximate surface area is 96.4 Å². The van der Waals surface area contributed by atoms with Crippen LogP contribution in [0.2, 0.25) is 0 Å². The van der Waals surface area contributed by atoms with E-state index in [9.17, 15) is 4.39 Å². The second-order valence-corrected chi connectivity index (χ2v) is 4.04. The molecule has 0 fully saturated rings. The van der Waals surface area contributed by atoms with Crippen LogP contribution in [0, 0.1) is 5.82 Å². The van der Waals surface area contributed by atoms with Crippen LogP contribution in [0.15, 0.2) is 40.3 Å². The first-order valence-corrected chi connectivity index (χ1v) is 5.60. The number of hydrogen-bond acceptors (Lipinski definition) is 4. The fourth-order valence-corrected chi connectivity index (χ4v) is 1.83. The number of hydrogen-bond donors (Lipinski definition) is 0. The van der Waals surface area contributed by atoms with Crippen LogP contribution >= 0.6 is 11.8 Å². The summed E-state index contributed by atoms with van der Waals surface area (Å²) in [6, 6.07) is 6.28. The van der Waals surface area contributed by atoms with Gasteiger partial charge in [-0.15, -0.1) is 11.8 Å². The highest BCUT2D eigenvalue weighted by Gasteiger charge is 2.03. The second-order valence-electron chi connectivity index (χ2n) is 3.00. The van der Waals surface area contributed by atoms with Gasteiger partial charge in [0.15, 0.2) is 5.82 Å². The predicted molar refractivity (Wildman–Crippen MR) is 60.4 cm³/mol. The summed E-state index contributed by atoms with van der Waals surface area (Å²) < 4.78 is 17.5. The normalized spacial score (nSPS) is 10.3. The summed E-state index contributed by atoms with van der Waals surface area (Å²) in [5, 5.41) is 3.77. The smallest absolute Gasteiger partial charge is 0.250 e. The highest BCUT2D eigenvalue weighted by molar-refractivity contribution is 7.98. The van der Waals surface area contributed by atoms with E-state index in [1.54, 1.807) is 12.1 Å². The van der Waals surface area contributed by atoms with Crippen molar-refractivity contribution in [1.29, 1.82) is 0 Å². The van der Waals surface area contributed by atoms with E-state index in [1.165, 1.54) is 30.0 Å². The minimum Gasteiger partial charge on any atom is -0.335 e. The molecule has 0 aliphatic heterocycles. The molecule has 0 aliphatic carbocycles. The van der Waals surface area contributed by atoms with Gasteiger partial charge in [-0.25, -0.2) is 4.39 Å². The molecule has 1 heterocycles. The molecule has 0 saturated carbocycles. The Bertz CT molecular complexity index is 481. The molecule has 2 rings (SSSR count). The van der Waals surface area contributed by atoms with Gasteiger partial charge in [-0.1, -0.05) is 11.7 Å². The van der Waals surface area contributed by atoms with Gasteiger partial charge < -0.3 is 4.52 Å². The molecule has 3 nitrogen and oxygen atoms in total. The number of nitrogens with zero attached hydrogens (tertiary/aromatic N) is 2. The van der Waals surface area contributed by atoms with Crippen LogP contribution in [0.1, 0.15) is 11.7 Å². The van der Waals surface area contributed by atoms with E-state index in [-0.39, 0.29) is 5.82 Å². The van der Waals surface area contributed by atoms with Crippen LogP contribution in [0.25, 0.3) is 6.08 Å². The van der Waals surface area contributed by atoms with Crippen molar-refractivity contribution in [3.05, 3.63) is 48.4 Å². The van der Waals surface area contributed by atoms with Crippen molar-refractivity contribution in [3.8, 4) is 0 Å². The summed E-state index contributed by atoms with van der Waals surface area (Å²) >= 11 is 1.52. The Balaban J connectivity index is 1.96. The Kier molecular flexibility index (Phi) is 3.36. The average Bonchev–Trinajstić information content (AvgIpc) is 2.76. The summed E-state index contributed by atoms with van der Waals surface area (Å²) in [6.07, 6.45) is 1.50. The summed E-state index contributed by atoms with van der Waals surface area (Å²) in [6.45, 7) is 3.53. The first-order chi connectivity index (χ1) is 7.78. The van der Waals surface area contributed by atoms with Gasteiger partial charge in [-0.05, 0) is 30.3 Å². The van der Waals surface area contributed by atoms with Crippen molar-refractivity contribution in [3.63, 3.8) is 0 Å². The molecule has 0 bridgehead atoms. The maximum atomic E-state index is 12.6. The van der Waals surface area contributed by atoms with Crippen LogP contribution in [-0.4, -0.2) is 10.1 Å². The maximum Gasteiger partial charge on any atom is 0.250 e. The first-order valence-electron chi connectivity index (χ1n) is 4.61. The fourth-order valence-electron chi connectivity index (χ4n) is 1.09. The van der Waals surface area contributed by atoms with Gasteiger partial charge >= 0.3 is 0 Å². The molecule has 0 atom stereocenters. The zero-order chi connectivity index (χ0) is 11.4. The van der Waals surface area contributed by atoms with Gasteiger partial charge in [-0.3, -0.25) is 0 Å². The zero-order valence-corrected chi connectivity index (χ0v) is 9.21. The maximum absolute atomic E-state index is 12.6. The van der Waals surface area contributed by atoms with Crippen LogP contribution in [0.5, 0.6) is 0 Å². The highest BCUT2D eigenvalue weighted by Crippen LogP contribution is 2.21. The lowest BCUT2D eigenvalue weighted by Crippen LogP contribution is -1.83. The van der Waals surface area contributed by atoms with Gasteiger partial charge in [0.25, 0.3) is 0 Å². The SMILES string of the molecule is C=Cc1nc(CSc2ccc(F)cc2)no1. The molecule has 2 aromatic rings. The van der Waals surface area contributed by atoms with E-state index in [0.717, 1.165) is 4.90 Å². The minimum atomic E-state index is -0.238. The van der Waals surface area contributed by atoms with Gasteiger partial charge in [0.05, 0.1) is 5.75 Å². The van der Waals surface area contributed by atoms with E-state index in [4.69, 9.17) is 4.52 Å². The molecule has 5 heteroatoms. The zero-order valence-electron chi connectivity index (χ0n) is 8.39. The number of halogens is 1. The molecule has 16 heavy (non-hydrogen) atoms. The van der Waals surface area contributed by atoms with Crippen LogP contribution in [0.3, 0.4) is 0 Å². The Morgan fingerprint density at radius 1 is 1.38 bits per heavy atom. The average molecular weight is 236 g/mol. The molecule has 1 aromatic heterocycles. The minimum absolute atomic E-state index is 0.238.